The van der Waals surface area contributed by atoms with Gasteiger partial charge in [-0.25, -0.2) is 8.78 Å². The van der Waals surface area contributed by atoms with Crippen LogP contribution in [0.1, 0.15) is 34.5 Å². The van der Waals surface area contributed by atoms with Crippen LogP contribution in [-0.4, -0.2) is 41.9 Å². The molecule has 1 saturated heterocycles. The fraction of sp³-hybridized carbons (Fsp3) is 0.350. The second kappa shape index (κ2) is 7.93. The number of piperazine rings is 1. The number of hydrogen-bond acceptors (Lipinski definition) is 3. The van der Waals surface area contributed by atoms with Crippen LogP contribution in [0.2, 0.25) is 0 Å². The summed E-state index contributed by atoms with van der Waals surface area (Å²) in [5.41, 5.74) is 7.69. The van der Waals surface area contributed by atoms with Gasteiger partial charge in [0, 0.05) is 56.0 Å². The van der Waals surface area contributed by atoms with E-state index in [1.165, 1.54) is 12.1 Å². The molecule has 0 aliphatic carbocycles. The van der Waals surface area contributed by atoms with Crippen LogP contribution < -0.4 is 5.73 Å². The van der Waals surface area contributed by atoms with Crippen molar-refractivity contribution in [1.29, 1.82) is 0 Å². The molecular formula is C20H23F2N3O. The summed E-state index contributed by atoms with van der Waals surface area (Å²) in [6, 6.07) is 10.8. The molecule has 0 unspecified atom stereocenters. The Hall–Kier alpha value is -2.31. The molecular weight excluding hydrogens is 336 g/mol. The van der Waals surface area contributed by atoms with Crippen LogP contribution in [0.25, 0.3) is 0 Å². The zero-order chi connectivity index (χ0) is 18.7. The van der Waals surface area contributed by atoms with E-state index in [1.54, 1.807) is 12.1 Å². The lowest BCUT2D eigenvalue weighted by molar-refractivity contribution is 0.0579. The van der Waals surface area contributed by atoms with E-state index in [0.29, 0.717) is 43.9 Å². The average molecular weight is 359 g/mol. The summed E-state index contributed by atoms with van der Waals surface area (Å²) in [5, 5.41) is 0. The molecule has 4 nitrogen and oxygen atoms in total. The van der Waals surface area contributed by atoms with Gasteiger partial charge in [-0.1, -0.05) is 18.2 Å². The highest BCUT2D eigenvalue weighted by atomic mass is 19.1. The van der Waals surface area contributed by atoms with Gasteiger partial charge in [0.05, 0.1) is 0 Å². The van der Waals surface area contributed by atoms with Crippen molar-refractivity contribution in [3.05, 3.63) is 70.8 Å². The van der Waals surface area contributed by atoms with Gasteiger partial charge in [-0.3, -0.25) is 9.69 Å². The van der Waals surface area contributed by atoms with E-state index in [2.05, 4.69) is 4.90 Å². The topological polar surface area (TPSA) is 49.6 Å². The zero-order valence-corrected chi connectivity index (χ0v) is 14.8. The van der Waals surface area contributed by atoms with E-state index in [1.807, 2.05) is 24.0 Å². The maximum atomic E-state index is 14.0. The Balaban J connectivity index is 1.62. The van der Waals surface area contributed by atoms with Gasteiger partial charge in [0.1, 0.15) is 11.6 Å². The first-order chi connectivity index (χ1) is 12.5. The molecule has 6 heteroatoms. The van der Waals surface area contributed by atoms with E-state index in [-0.39, 0.29) is 11.9 Å². The highest BCUT2D eigenvalue weighted by molar-refractivity contribution is 5.94. The smallest absolute Gasteiger partial charge is 0.253 e. The van der Waals surface area contributed by atoms with E-state index in [9.17, 15) is 13.6 Å². The van der Waals surface area contributed by atoms with E-state index < -0.39 is 11.6 Å². The van der Waals surface area contributed by atoms with Crippen molar-refractivity contribution in [2.45, 2.75) is 19.5 Å². The molecule has 0 radical (unpaired) electrons. The monoisotopic (exact) mass is 359 g/mol. The van der Waals surface area contributed by atoms with Gasteiger partial charge in [0.2, 0.25) is 0 Å². The van der Waals surface area contributed by atoms with Crippen LogP contribution in [-0.2, 0) is 6.54 Å². The SMILES string of the molecule is C[C@@H](c1ccc(F)cc1F)N1CCN(C(=O)c2ccc(CN)cc2)CC1. The Morgan fingerprint density at radius 1 is 1.08 bits per heavy atom. The maximum absolute atomic E-state index is 14.0. The molecule has 2 N–H and O–H groups in total. The van der Waals surface area contributed by atoms with Gasteiger partial charge in [-0.2, -0.15) is 0 Å². The number of nitrogens with zero attached hydrogens (tertiary/aromatic N) is 2. The number of hydrogen-bond donors (Lipinski definition) is 1. The Kier molecular flexibility index (Phi) is 5.64. The van der Waals surface area contributed by atoms with Gasteiger partial charge >= 0.3 is 0 Å². The summed E-state index contributed by atoms with van der Waals surface area (Å²) in [7, 11) is 0. The molecule has 1 fully saturated rings. The van der Waals surface area contributed by atoms with Crippen LogP contribution in [0, 0.1) is 11.6 Å². The Labute approximate surface area is 152 Å². The Bertz CT molecular complexity index is 771. The van der Waals surface area contributed by atoms with Crippen LogP contribution in [0.4, 0.5) is 8.78 Å². The highest BCUT2D eigenvalue weighted by Gasteiger charge is 2.26. The molecule has 2 aromatic rings. The van der Waals surface area contributed by atoms with Gasteiger partial charge in [-0.15, -0.1) is 0 Å². The summed E-state index contributed by atoms with van der Waals surface area (Å²) < 4.78 is 27.1. The molecule has 2 aromatic carbocycles. The molecule has 3 rings (SSSR count). The largest absolute Gasteiger partial charge is 0.336 e. The lowest BCUT2D eigenvalue weighted by atomic mass is 10.0. The van der Waals surface area contributed by atoms with Crippen molar-refractivity contribution in [3.8, 4) is 0 Å². The third-order valence-corrected chi connectivity index (χ3v) is 5.00. The second-order valence-corrected chi connectivity index (χ2v) is 6.57. The summed E-state index contributed by atoms with van der Waals surface area (Å²) in [6.45, 7) is 4.79. The van der Waals surface area contributed by atoms with Crippen molar-refractivity contribution in [2.75, 3.05) is 26.2 Å². The third kappa shape index (κ3) is 3.92. The van der Waals surface area contributed by atoms with E-state index in [0.717, 1.165) is 11.6 Å². The van der Waals surface area contributed by atoms with E-state index >= 15 is 0 Å². The molecule has 0 saturated carbocycles. The van der Waals surface area contributed by atoms with E-state index in [4.69, 9.17) is 5.73 Å². The lowest BCUT2D eigenvalue weighted by Crippen LogP contribution is -2.49. The first-order valence-electron chi connectivity index (χ1n) is 8.77. The average Bonchev–Trinajstić information content (AvgIpc) is 2.67. The molecule has 0 spiro atoms. The first-order valence-corrected chi connectivity index (χ1v) is 8.77. The predicted octanol–water partition coefficient (Wildman–Crippen LogP) is 2.94. The van der Waals surface area contributed by atoms with Crippen LogP contribution >= 0.6 is 0 Å². The normalized spacial score (nSPS) is 16.5. The summed E-state index contributed by atoms with van der Waals surface area (Å²) in [4.78, 5) is 16.5. The maximum Gasteiger partial charge on any atom is 0.253 e. The van der Waals surface area contributed by atoms with Gasteiger partial charge in [0.15, 0.2) is 0 Å². The van der Waals surface area contributed by atoms with Crippen LogP contribution in [0.3, 0.4) is 0 Å². The zero-order valence-electron chi connectivity index (χ0n) is 14.8. The standard InChI is InChI=1S/C20H23F2N3O/c1-14(18-7-6-17(21)12-19(18)22)24-8-10-25(11-9-24)20(26)16-4-2-15(13-23)3-5-16/h2-7,12,14H,8-11,13,23H2,1H3/t14-/m0/s1. The number of carbonyl (C=O) groups excluding carboxylic acids is 1. The Morgan fingerprint density at radius 2 is 1.73 bits per heavy atom. The number of halogens is 2. The molecule has 1 amide bonds. The number of nitrogens with two attached hydrogens (primary N) is 1. The van der Waals surface area contributed by atoms with Crippen molar-refractivity contribution in [3.63, 3.8) is 0 Å². The minimum atomic E-state index is -0.575. The first kappa shape index (κ1) is 18.5. The Morgan fingerprint density at radius 3 is 2.31 bits per heavy atom. The van der Waals surface area contributed by atoms with Gasteiger partial charge in [0.25, 0.3) is 5.91 Å². The molecule has 1 aliphatic heterocycles. The van der Waals surface area contributed by atoms with Crippen LogP contribution in [0.5, 0.6) is 0 Å². The quantitative estimate of drug-likeness (QED) is 0.913. The predicted molar refractivity (Wildman–Crippen MR) is 96.6 cm³/mol. The second-order valence-electron chi connectivity index (χ2n) is 6.57. The van der Waals surface area contributed by atoms with Crippen molar-refractivity contribution in [2.24, 2.45) is 5.73 Å². The number of rotatable bonds is 4. The summed E-state index contributed by atoms with van der Waals surface area (Å²) >= 11 is 0. The summed E-state index contributed by atoms with van der Waals surface area (Å²) in [6.07, 6.45) is 0. The number of amides is 1. The lowest BCUT2D eigenvalue weighted by Gasteiger charge is -2.38. The third-order valence-electron chi connectivity index (χ3n) is 5.00. The van der Waals surface area contributed by atoms with Gasteiger partial charge in [-0.05, 0) is 30.7 Å². The fourth-order valence-electron chi connectivity index (χ4n) is 3.32. The number of carbonyl (C=O) groups is 1. The molecule has 1 heterocycles. The van der Waals surface area contributed by atoms with Crippen molar-refractivity contribution in [1.82, 2.24) is 9.80 Å². The molecule has 26 heavy (non-hydrogen) atoms. The van der Waals surface area contributed by atoms with Crippen molar-refractivity contribution < 1.29 is 13.6 Å². The highest BCUT2D eigenvalue weighted by Crippen LogP contribution is 2.25. The number of benzene rings is 2. The van der Waals surface area contributed by atoms with Crippen molar-refractivity contribution >= 4 is 5.91 Å². The molecule has 0 aromatic heterocycles. The molecule has 0 bridgehead atoms. The molecule has 1 aliphatic rings. The van der Waals surface area contributed by atoms with Crippen LogP contribution in [0.15, 0.2) is 42.5 Å². The van der Waals surface area contributed by atoms with Gasteiger partial charge < -0.3 is 10.6 Å². The molecule has 1 atom stereocenters. The molecule has 138 valence electrons. The minimum Gasteiger partial charge on any atom is -0.336 e. The minimum absolute atomic E-state index is 0.00571. The fourth-order valence-corrected chi connectivity index (χ4v) is 3.32. The summed E-state index contributed by atoms with van der Waals surface area (Å²) in [5.74, 6) is -1.11.